The van der Waals surface area contributed by atoms with E-state index in [1.54, 1.807) is 0 Å². The van der Waals surface area contributed by atoms with Gasteiger partial charge in [-0.1, -0.05) is 0 Å². The zero-order chi connectivity index (χ0) is 29.2. The molecule has 3 heterocycles. The van der Waals surface area contributed by atoms with E-state index in [0.717, 1.165) is 16.8 Å². The van der Waals surface area contributed by atoms with Crippen LogP contribution in [0.1, 0.15) is 11.9 Å². The van der Waals surface area contributed by atoms with Crippen LogP contribution in [0.5, 0.6) is 0 Å². The van der Waals surface area contributed by atoms with Gasteiger partial charge in [0.25, 0.3) is 5.56 Å². The Kier molecular flexibility index (Phi) is 9.62. The van der Waals surface area contributed by atoms with Crippen LogP contribution >= 0.6 is 23.5 Å². The number of aromatic amines is 2. The summed E-state index contributed by atoms with van der Waals surface area (Å²) in [5.41, 5.74) is 4.60. The van der Waals surface area contributed by atoms with Crippen LogP contribution in [0.4, 0.5) is 0 Å². The zero-order valence-corrected chi connectivity index (χ0v) is 21.9. The molecule has 0 aromatic carbocycles. The Morgan fingerprint density at radius 2 is 1.90 bits per heavy atom. The first-order valence-electron chi connectivity index (χ1n) is 10.4. The molecule has 24 heteroatoms. The number of hydrogen-bond donors (Lipinski definition) is 9. The number of amides is 1. The lowest BCUT2D eigenvalue weighted by Gasteiger charge is -2.24. The lowest BCUT2D eigenvalue weighted by molar-refractivity contribution is -0.124. The van der Waals surface area contributed by atoms with Gasteiger partial charge in [0.2, 0.25) is 5.91 Å². The van der Waals surface area contributed by atoms with Crippen molar-refractivity contribution in [2.24, 2.45) is 5.73 Å². The van der Waals surface area contributed by atoms with Gasteiger partial charge in [0.15, 0.2) is 6.23 Å². The Labute approximate surface area is 216 Å². The molecule has 0 saturated carbocycles. The molecule has 1 amide bonds. The number of carbonyl (C=O) groups is 1. The van der Waals surface area contributed by atoms with Crippen LogP contribution in [0.2, 0.25) is 0 Å². The number of imidazole rings is 1. The summed E-state index contributed by atoms with van der Waals surface area (Å²) in [6.07, 6.45) is -1.21. The molecule has 2 aromatic heterocycles. The molecule has 39 heavy (non-hydrogen) atoms. The first-order chi connectivity index (χ1) is 18.0. The number of phosphoric acid groups is 3. The van der Waals surface area contributed by atoms with Crippen LogP contribution in [-0.4, -0.2) is 81.0 Å². The van der Waals surface area contributed by atoms with E-state index in [9.17, 15) is 43.0 Å². The number of nitrogens with two attached hydrogens (primary N) is 1. The van der Waals surface area contributed by atoms with Crippen molar-refractivity contribution in [3.63, 3.8) is 0 Å². The SMILES string of the molecule is N[C@@H](Cc1cnc[nH]1)C(=O)N[C@@H]1[C@H](O)[C@@H](COP(=O)(O)OP(=O)(O)OP(=O)(O)O)O[C@H]1n1ccc(=O)[nH]c1=O. The van der Waals surface area contributed by atoms with Crippen LogP contribution in [0.25, 0.3) is 0 Å². The third-order valence-corrected chi connectivity index (χ3v) is 8.76. The summed E-state index contributed by atoms with van der Waals surface area (Å²) in [7, 11) is -17.0. The van der Waals surface area contributed by atoms with E-state index in [1.807, 2.05) is 4.98 Å². The number of aromatic nitrogens is 4. The quantitative estimate of drug-likeness (QED) is 0.106. The minimum absolute atomic E-state index is 0.00571. The van der Waals surface area contributed by atoms with Gasteiger partial charge < -0.3 is 45.5 Å². The predicted molar refractivity (Wildman–Crippen MR) is 123 cm³/mol. The molecule has 1 aliphatic heterocycles. The second-order valence-corrected chi connectivity index (χ2v) is 12.3. The van der Waals surface area contributed by atoms with Crippen molar-refractivity contribution >= 4 is 29.4 Å². The molecule has 3 rings (SSSR count). The molecule has 0 aliphatic carbocycles. The largest absolute Gasteiger partial charge is 0.490 e. The van der Waals surface area contributed by atoms with Gasteiger partial charge in [-0.25, -0.2) is 23.5 Å². The molecule has 10 N–H and O–H groups in total. The zero-order valence-electron chi connectivity index (χ0n) is 19.2. The number of aliphatic hydroxyl groups excluding tert-OH is 1. The Hall–Kier alpha value is -2.35. The van der Waals surface area contributed by atoms with Crippen LogP contribution in [0, 0.1) is 0 Å². The highest BCUT2D eigenvalue weighted by Crippen LogP contribution is 2.66. The Morgan fingerprint density at radius 1 is 1.21 bits per heavy atom. The minimum Gasteiger partial charge on any atom is -0.388 e. The molecule has 2 aromatic rings. The molecule has 0 spiro atoms. The number of carbonyl (C=O) groups excluding carboxylic acids is 1. The standard InChI is InChI=1S/C15H23N6O15P3/c16-8(3-7-4-17-6-18-7)13(24)20-11-12(23)9(34-14(11)21-2-1-10(22)19-15(21)25)5-33-38(29,30)36-39(31,32)35-37(26,27)28/h1-2,4,6,8-9,11-12,14,23H,3,5,16H2,(H,17,18)(H,20,24)(H,29,30)(H,31,32)(H,19,22,25)(H2,26,27,28)/t8-,9+,11+,12+,14+/m0/s1. The molecule has 218 valence electrons. The Balaban J connectivity index is 1.77. The van der Waals surface area contributed by atoms with Gasteiger partial charge in [0.1, 0.15) is 18.2 Å². The molecule has 1 saturated heterocycles. The third-order valence-electron chi connectivity index (χ3n) is 4.95. The molecule has 7 atom stereocenters. The fourth-order valence-corrected chi connectivity index (χ4v) is 6.40. The van der Waals surface area contributed by atoms with Crippen LogP contribution < -0.4 is 22.3 Å². The van der Waals surface area contributed by atoms with Gasteiger partial charge in [-0.05, 0) is 0 Å². The number of rotatable bonds is 12. The van der Waals surface area contributed by atoms with Gasteiger partial charge >= 0.3 is 29.2 Å². The van der Waals surface area contributed by atoms with Gasteiger partial charge in [0, 0.05) is 30.6 Å². The van der Waals surface area contributed by atoms with Crippen LogP contribution in [0.15, 0.2) is 34.4 Å². The fourth-order valence-electron chi connectivity index (χ4n) is 3.37. The fraction of sp³-hybridized carbons (Fsp3) is 0.467. The maximum Gasteiger partial charge on any atom is 0.490 e. The van der Waals surface area contributed by atoms with Crippen molar-refractivity contribution < 1.29 is 61.1 Å². The Morgan fingerprint density at radius 3 is 2.49 bits per heavy atom. The first-order valence-corrected chi connectivity index (χ1v) is 14.9. The molecule has 1 fully saturated rings. The number of aliphatic hydroxyl groups is 1. The Bertz CT molecular complexity index is 1420. The van der Waals surface area contributed by atoms with Gasteiger partial charge in [-0.3, -0.25) is 23.7 Å². The van der Waals surface area contributed by atoms with E-state index in [2.05, 4.69) is 28.4 Å². The number of ether oxygens (including phenoxy) is 1. The van der Waals surface area contributed by atoms with E-state index in [-0.39, 0.29) is 6.42 Å². The highest BCUT2D eigenvalue weighted by molar-refractivity contribution is 7.66. The average Bonchev–Trinajstić information content (AvgIpc) is 3.38. The minimum atomic E-state index is -5.81. The second kappa shape index (κ2) is 12.0. The molecule has 2 unspecified atom stereocenters. The van der Waals surface area contributed by atoms with Gasteiger partial charge in [0.05, 0.1) is 19.0 Å². The number of nitrogens with one attached hydrogen (secondary N) is 3. The summed E-state index contributed by atoms with van der Waals surface area (Å²) in [5.74, 6) is -0.826. The van der Waals surface area contributed by atoms with Crippen molar-refractivity contribution in [3.05, 3.63) is 51.3 Å². The van der Waals surface area contributed by atoms with Gasteiger partial charge in [-0.15, -0.1) is 0 Å². The number of hydrogen-bond acceptors (Lipinski definition) is 13. The van der Waals surface area contributed by atoms with E-state index in [4.69, 9.17) is 20.3 Å². The molecule has 0 radical (unpaired) electrons. The monoisotopic (exact) mass is 620 g/mol. The maximum atomic E-state index is 12.7. The smallest absolute Gasteiger partial charge is 0.388 e. The third kappa shape index (κ3) is 8.82. The predicted octanol–water partition coefficient (Wildman–Crippen LogP) is -3.08. The first kappa shape index (κ1) is 31.2. The molecular formula is C15H23N6O15P3. The van der Waals surface area contributed by atoms with E-state index >= 15 is 0 Å². The summed E-state index contributed by atoms with van der Waals surface area (Å²) in [4.78, 5) is 81.1. The average molecular weight is 620 g/mol. The summed E-state index contributed by atoms with van der Waals surface area (Å²) in [6.45, 7) is -1.09. The van der Waals surface area contributed by atoms with Crippen molar-refractivity contribution in [2.45, 2.75) is 36.9 Å². The van der Waals surface area contributed by atoms with Gasteiger partial charge in [-0.2, -0.15) is 8.62 Å². The number of nitrogens with zero attached hydrogens (tertiary/aromatic N) is 2. The van der Waals surface area contributed by atoms with E-state index in [1.165, 1.54) is 12.5 Å². The lowest BCUT2D eigenvalue weighted by Crippen LogP contribution is -2.53. The molecule has 21 nitrogen and oxygen atoms in total. The number of H-pyrrole nitrogens is 2. The second-order valence-electron chi connectivity index (χ2n) is 7.88. The topological polar surface area (TPSA) is 328 Å². The lowest BCUT2D eigenvalue weighted by atomic mass is 10.1. The highest BCUT2D eigenvalue weighted by Gasteiger charge is 2.48. The van der Waals surface area contributed by atoms with Crippen molar-refractivity contribution in [1.82, 2.24) is 24.8 Å². The summed E-state index contributed by atoms with van der Waals surface area (Å²) in [5, 5.41) is 13.2. The maximum absolute atomic E-state index is 12.7. The summed E-state index contributed by atoms with van der Waals surface area (Å²) < 4.78 is 52.3. The van der Waals surface area contributed by atoms with E-state index in [0.29, 0.717) is 5.69 Å². The number of phosphoric ester groups is 1. The molecular weight excluding hydrogens is 597 g/mol. The highest BCUT2D eigenvalue weighted by atomic mass is 31.3. The van der Waals surface area contributed by atoms with Crippen molar-refractivity contribution in [3.8, 4) is 0 Å². The molecule has 1 aliphatic rings. The normalized spacial score (nSPS) is 25.5. The van der Waals surface area contributed by atoms with Crippen molar-refractivity contribution in [1.29, 1.82) is 0 Å². The van der Waals surface area contributed by atoms with Crippen LogP contribution in [0.3, 0.4) is 0 Å². The molecule has 0 bridgehead atoms. The van der Waals surface area contributed by atoms with Crippen LogP contribution in [-0.2, 0) is 42.8 Å². The summed E-state index contributed by atoms with van der Waals surface area (Å²) in [6, 6.07) is -1.72. The van der Waals surface area contributed by atoms with Crippen molar-refractivity contribution in [2.75, 3.05) is 6.61 Å². The summed E-state index contributed by atoms with van der Waals surface area (Å²) >= 11 is 0. The van der Waals surface area contributed by atoms with E-state index < -0.39 is 77.8 Å².